The van der Waals surface area contributed by atoms with E-state index in [4.69, 9.17) is 11.0 Å². The summed E-state index contributed by atoms with van der Waals surface area (Å²) in [7, 11) is 0. The van der Waals surface area contributed by atoms with Crippen molar-refractivity contribution < 1.29 is 1.43 Å². The van der Waals surface area contributed by atoms with Crippen molar-refractivity contribution in [2.24, 2.45) is 16.6 Å². The summed E-state index contributed by atoms with van der Waals surface area (Å²) in [5.74, 6) is 1.26. The highest BCUT2D eigenvalue weighted by atomic mass is 15.1. The minimum absolute atomic E-state index is 0. The molecular weight excluding hydrogens is 350 g/mol. The molecule has 7 N–H and O–H groups in total. The summed E-state index contributed by atoms with van der Waals surface area (Å²) >= 11 is 0. The van der Waals surface area contributed by atoms with Crippen LogP contribution in [-0.2, 0) is 6.42 Å². The molecular formula is C21H29N7. The minimum atomic E-state index is 0. The fraction of sp³-hybridized carbons (Fsp3) is 0.333. The predicted molar refractivity (Wildman–Crippen MR) is 114 cm³/mol. The van der Waals surface area contributed by atoms with E-state index in [1.54, 1.807) is 6.34 Å². The van der Waals surface area contributed by atoms with Crippen LogP contribution in [0, 0.1) is 17.2 Å². The summed E-state index contributed by atoms with van der Waals surface area (Å²) in [6, 6.07) is 12.1. The third-order valence-electron chi connectivity index (χ3n) is 5.51. The normalized spacial score (nSPS) is 18.5. The van der Waals surface area contributed by atoms with Crippen LogP contribution in [-0.4, -0.2) is 35.9 Å². The van der Waals surface area contributed by atoms with E-state index < -0.39 is 0 Å². The standard InChI is InChI=1S/C21H24N6.H3N.H2/c22-13-16-3-1-15(2-4-16)6-10-27-11-7-17(8-12-27)19(23)20-18-5-9-24-21(18)26-14-25-20;;/h1-5,9,14,17,24H,6-8,10-12,23H2,(H,25,26);1H3;1H/b20-19-;;. The second-order valence-electron chi connectivity index (χ2n) is 7.15. The van der Waals surface area contributed by atoms with Crippen molar-refractivity contribution in [1.29, 1.82) is 5.26 Å². The zero-order valence-electron chi connectivity index (χ0n) is 16.0. The smallest absolute Gasteiger partial charge is 0.141 e. The second kappa shape index (κ2) is 8.74. The third kappa shape index (κ3) is 4.09. The number of nitrogens with one attached hydrogen (secondary N) is 2. The summed E-state index contributed by atoms with van der Waals surface area (Å²) in [6.07, 6.45) is 6.75. The van der Waals surface area contributed by atoms with Crippen LogP contribution >= 0.6 is 0 Å². The number of aromatic amines is 1. The molecule has 0 amide bonds. The minimum Gasteiger partial charge on any atom is -0.400 e. The van der Waals surface area contributed by atoms with Gasteiger partial charge in [-0.1, -0.05) is 12.1 Å². The maximum atomic E-state index is 8.88. The molecule has 0 radical (unpaired) electrons. The Morgan fingerprint density at radius 3 is 2.71 bits per heavy atom. The van der Waals surface area contributed by atoms with Crippen molar-refractivity contribution in [2.45, 2.75) is 19.3 Å². The Bertz CT molecular complexity index is 900. The molecule has 4 rings (SSSR count). The Morgan fingerprint density at radius 2 is 2.00 bits per heavy atom. The maximum absolute atomic E-state index is 8.88. The number of nitrogens with two attached hydrogens (primary N) is 1. The van der Waals surface area contributed by atoms with E-state index in [9.17, 15) is 0 Å². The number of fused-ring (bicyclic) bond motifs is 1. The molecule has 1 saturated heterocycles. The quantitative estimate of drug-likeness (QED) is 0.649. The number of aromatic nitrogens is 1. The van der Waals surface area contributed by atoms with E-state index in [-0.39, 0.29) is 7.58 Å². The van der Waals surface area contributed by atoms with Gasteiger partial charge < -0.3 is 27.1 Å². The van der Waals surface area contributed by atoms with Gasteiger partial charge in [0.2, 0.25) is 0 Å². The molecule has 7 nitrogen and oxygen atoms in total. The van der Waals surface area contributed by atoms with Gasteiger partial charge in [0.25, 0.3) is 0 Å². The average molecular weight is 380 g/mol. The van der Waals surface area contributed by atoms with Crippen LogP contribution in [0.15, 0.2) is 47.2 Å². The summed E-state index contributed by atoms with van der Waals surface area (Å²) in [5, 5.41) is 12.1. The molecule has 2 aromatic rings. The van der Waals surface area contributed by atoms with Gasteiger partial charge in [-0.15, -0.1) is 0 Å². The Balaban J connectivity index is 0.00000150. The molecule has 0 bridgehead atoms. The number of aliphatic imine (C=N–C) groups is 1. The molecule has 2 aliphatic rings. The van der Waals surface area contributed by atoms with Crippen LogP contribution in [0.4, 0.5) is 5.82 Å². The largest absolute Gasteiger partial charge is 0.400 e. The van der Waals surface area contributed by atoms with Gasteiger partial charge in [0, 0.05) is 31.3 Å². The fourth-order valence-corrected chi connectivity index (χ4v) is 3.85. The summed E-state index contributed by atoms with van der Waals surface area (Å²) in [4.78, 5) is 9.94. The van der Waals surface area contributed by atoms with Gasteiger partial charge in [-0.3, -0.25) is 0 Å². The maximum Gasteiger partial charge on any atom is 0.141 e. The van der Waals surface area contributed by atoms with E-state index >= 15 is 0 Å². The first kappa shape index (κ1) is 19.7. The van der Waals surface area contributed by atoms with E-state index in [1.165, 1.54) is 5.56 Å². The molecule has 148 valence electrons. The number of allylic oxidation sites excluding steroid dienone is 1. The lowest BCUT2D eigenvalue weighted by atomic mass is 9.91. The van der Waals surface area contributed by atoms with Crippen molar-refractivity contribution in [3.63, 3.8) is 0 Å². The predicted octanol–water partition coefficient (Wildman–Crippen LogP) is 3.14. The molecule has 1 aromatic carbocycles. The lowest BCUT2D eigenvalue weighted by Gasteiger charge is -2.33. The van der Waals surface area contributed by atoms with Crippen LogP contribution < -0.4 is 17.2 Å². The van der Waals surface area contributed by atoms with Gasteiger partial charge in [0.05, 0.1) is 23.7 Å². The highest BCUT2D eigenvalue weighted by molar-refractivity contribution is 5.87. The van der Waals surface area contributed by atoms with Crippen molar-refractivity contribution in [3.8, 4) is 6.07 Å². The number of H-pyrrole nitrogens is 1. The van der Waals surface area contributed by atoms with Crippen LogP contribution in [0.5, 0.6) is 0 Å². The Hall–Kier alpha value is -3.08. The Morgan fingerprint density at radius 1 is 1.25 bits per heavy atom. The first-order chi connectivity index (χ1) is 13.2. The van der Waals surface area contributed by atoms with Crippen LogP contribution in [0.3, 0.4) is 0 Å². The number of hydrogen-bond acceptors (Lipinski definition) is 6. The monoisotopic (exact) mass is 379 g/mol. The summed E-state index contributed by atoms with van der Waals surface area (Å²) < 4.78 is 0. The van der Waals surface area contributed by atoms with E-state index in [0.717, 1.165) is 67.2 Å². The van der Waals surface area contributed by atoms with Crippen molar-refractivity contribution in [2.75, 3.05) is 19.6 Å². The first-order valence-corrected chi connectivity index (χ1v) is 9.42. The van der Waals surface area contributed by atoms with Gasteiger partial charge in [-0.05, 0) is 56.1 Å². The number of benzene rings is 1. The zero-order chi connectivity index (χ0) is 18.6. The van der Waals surface area contributed by atoms with Gasteiger partial charge in [-0.2, -0.15) is 5.26 Å². The van der Waals surface area contributed by atoms with Gasteiger partial charge >= 0.3 is 0 Å². The second-order valence-corrected chi connectivity index (χ2v) is 7.15. The van der Waals surface area contributed by atoms with Crippen LogP contribution in [0.1, 0.15) is 31.0 Å². The zero-order valence-corrected chi connectivity index (χ0v) is 16.0. The lowest BCUT2D eigenvalue weighted by Crippen LogP contribution is -2.37. The SMILES string of the molecule is N.N#Cc1ccc(CCN2CCC(/C(N)=C3/NC=Nc4[nH]ccc43)CC2)cc1.[HH]. The number of rotatable bonds is 4. The molecule has 0 unspecified atom stereocenters. The molecule has 1 aromatic heterocycles. The molecule has 0 spiro atoms. The highest BCUT2D eigenvalue weighted by Gasteiger charge is 2.25. The van der Waals surface area contributed by atoms with Gasteiger partial charge in [0.15, 0.2) is 0 Å². The highest BCUT2D eigenvalue weighted by Crippen LogP contribution is 2.31. The van der Waals surface area contributed by atoms with Crippen molar-refractivity contribution >= 4 is 17.9 Å². The molecule has 28 heavy (non-hydrogen) atoms. The number of likely N-dealkylation sites (tertiary alicyclic amines) is 1. The Labute approximate surface area is 167 Å². The number of hydrogen-bond donors (Lipinski definition) is 4. The van der Waals surface area contributed by atoms with E-state index in [2.05, 4.69) is 38.4 Å². The fourth-order valence-electron chi connectivity index (χ4n) is 3.85. The van der Waals surface area contributed by atoms with E-state index in [1.807, 2.05) is 24.4 Å². The third-order valence-corrected chi connectivity index (χ3v) is 5.51. The molecule has 3 heterocycles. The molecule has 2 aliphatic heterocycles. The average Bonchev–Trinajstić information content (AvgIpc) is 3.21. The van der Waals surface area contributed by atoms with Crippen LogP contribution in [0.2, 0.25) is 0 Å². The topological polar surface area (TPSA) is 128 Å². The summed E-state index contributed by atoms with van der Waals surface area (Å²) in [5.41, 5.74) is 11.5. The molecule has 0 saturated carbocycles. The molecule has 7 heteroatoms. The van der Waals surface area contributed by atoms with Gasteiger partial charge in [-0.25, -0.2) is 4.99 Å². The van der Waals surface area contributed by atoms with Gasteiger partial charge in [0.1, 0.15) is 5.82 Å². The van der Waals surface area contributed by atoms with E-state index in [0.29, 0.717) is 5.92 Å². The molecule has 1 fully saturated rings. The Kier molecular flexibility index (Phi) is 6.14. The van der Waals surface area contributed by atoms with Crippen molar-refractivity contribution in [3.05, 3.63) is 58.9 Å². The summed E-state index contributed by atoms with van der Waals surface area (Å²) in [6.45, 7) is 3.16. The van der Waals surface area contributed by atoms with Crippen molar-refractivity contribution in [1.82, 2.24) is 21.4 Å². The van der Waals surface area contributed by atoms with Crippen LogP contribution in [0.25, 0.3) is 5.70 Å². The lowest BCUT2D eigenvalue weighted by molar-refractivity contribution is 0.200. The molecule has 0 atom stereocenters. The molecule has 0 aliphatic carbocycles. The first-order valence-electron chi connectivity index (χ1n) is 9.42. The number of nitriles is 1. The number of piperidine rings is 1. The number of nitrogens with zero attached hydrogens (tertiary/aromatic N) is 3.